The van der Waals surface area contributed by atoms with E-state index in [-0.39, 0.29) is 11.8 Å². The van der Waals surface area contributed by atoms with Gasteiger partial charge in [-0.3, -0.25) is 9.78 Å². The third-order valence-corrected chi connectivity index (χ3v) is 8.28. The molecule has 29 heavy (non-hydrogen) atoms. The van der Waals surface area contributed by atoms with Gasteiger partial charge < -0.3 is 9.64 Å². The molecule has 0 N–H and O–H groups in total. The van der Waals surface area contributed by atoms with Gasteiger partial charge in [-0.25, -0.2) is 8.42 Å². The second-order valence-electron chi connectivity index (χ2n) is 7.59. The summed E-state index contributed by atoms with van der Waals surface area (Å²) < 4.78 is 33.1. The van der Waals surface area contributed by atoms with Gasteiger partial charge in [0, 0.05) is 44.1 Å². The number of likely N-dealkylation sites (tertiary alicyclic amines) is 1. The maximum Gasteiger partial charge on any atom is 0.253 e. The molecule has 1 aromatic heterocycles. The number of ether oxygens (including phenoxy) is 1. The van der Waals surface area contributed by atoms with E-state index in [1.54, 1.807) is 40.8 Å². The highest BCUT2D eigenvalue weighted by molar-refractivity contribution is 7.90. The van der Waals surface area contributed by atoms with Gasteiger partial charge in [-0.15, -0.1) is 0 Å². The zero-order valence-electron chi connectivity index (χ0n) is 16.4. The van der Waals surface area contributed by atoms with E-state index in [4.69, 9.17) is 4.74 Å². The van der Waals surface area contributed by atoms with Gasteiger partial charge >= 0.3 is 0 Å². The maximum absolute atomic E-state index is 13.1. The third-order valence-electron chi connectivity index (χ3n) is 5.89. The Morgan fingerprint density at radius 2 is 1.79 bits per heavy atom. The van der Waals surface area contributed by atoms with Crippen molar-refractivity contribution in [3.63, 3.8) is 0 Å². The van der Waals surface area contributed by atoms with E-state index in [9.17, 15) is 13.2 Å². The van der Waals surface area contributed by atoms with Crippen molar-refractivity contribution < 1.29 is 17.9 Å². The molecule has 1 aromatic carbocycles. The summed E-state index contributed by atoms with van der Waals surface area (Å²) in [6.45, 7) is 1.92. The van der Waals surface area contributed by atoms with Gasteiger partial charge in [0.25, 0.3) is 5.91 Å². The largest absolute Gasteiger partial charge is 0.497 e. The molecule has 2 aromatic rings. The van der Waals surface area contributed by atoms with E-state index in [1.807, 2.05) is 24.3 Å². The highest BCUT2D eigenvalue weighted by Gasteiger charge is 2.47. The lowest BCUT2D eigenvalue weighted by Crippen LogP contribution is -2.34. The van der Waals surface area contributed by atoms with Crippen LogP contribution >= 0.6 is 0 Å². The lowest BCUT2D eigenvalue weighted by molar-refractivity contribution is 0.0759. The SMILES string of the molecule is COc1ccc(CN2C[C@H]3CCN(C(=O)c4ccncc4)CC[C@H]3S2(=O)=O)cc1. The lowest BCUT2D eigenvalue weighted by atomic mass is 10.0. The average molecular weight is 416 g/mol. The van der Waals surface area contributed by atoms with Crippen molar-refractivity contribution in [2.24, 2.45) is 5.92 Å². The molecule has 0 saturated carbocycles. The van der Waals surface area contributed by atoms with E-state index >= 15 is 0 Å². The molecule has 0 aliphatic carbocycles. The Kier molecular flexibility index (Phi) is 5.56. The van der Waals surface area contributed by atoms with Gasteiger partial charge in [0.1, 0.15) is 5.75 Å². The number of hydrogen-bond acceptors (Lipinski definition) is 5. The van der Waals surface area contributed by atoms with Crippen LogP contribution in [0.1, 0.15) is 28.8 Å². The minimum atomic E-state index is -3.38. The summed E-state index contributed by atoms with van der Waals surface area (Å²) in [6, 6.07) is 10.9. The number of amides is 1. The Hall–Kier alpha value is -2.45. The molecule has 0 spiro atoms. The first kappa shape index (κ1) is 19.8. The predicted molar refractivity (Wildman–Crippen MR) is 109 cm³/mol. The van der Waals surface area contributed by atoms with Crippen molar-refractivity contribution in [3.8, 4) is 5.75 Å². The number of rotatable bonds is 4. The summed E-state index contributed by atoms with van der Waals surface area (Å²) in [4.78, 5) is 18.4. The van der Waals surface area contributed by atoms with Crippen LogP contribution in [0.3, 0.4) is 0 Å². The topological polar surface area (TPSA) is 79.8 Å². The molecule has 154 valence electrons. The van der Waals surface area contributed by atoms with E-state index in [0.29, 0.717) is 44.6 Å². The van der Waals surface area contributed by atoms with Crippen LogP contribution in [0.5, 0.6) is 5.75 Å². The molecule has 4 rings (SSSR count). The van der Waals surface area contributed by atoms with Crippen LogP contribution in [0.25, 0.3) is 0 Å². The van der Waals surface area contributed by atoms with Gasteiger partial charge in [0.15, 0.2) is 0 Å². The smallest absolute Gasteiger partial charge is 0.253 e. The Balaban J connectivity index is 1.44. The summed E-state index contributed by atoms with van der Waals surface area (Å²) in [7, 11) is -1.78. The monoisotopic (exact) mass is 415 g/mol. The number of hydrogen-bond donors (Lipinski definition) is 0. The maximum atomic E-state index is 13.1. The highest BCUT2D eigenvalue weighted by atomic mass is 32.2. The second-order valence-corrected chi connectivity index (χ2v) is 9.74. The molecule has 0 unspecified atom stereocenters. The number of carbonyl (C=O) groups is 1. The van der Waals surface area contributed by atoms with Gasteiger partial charge in [0.05, 0.1) is 12.4 Å². The third kappa shape index (κ3) is 4.00. The number of pyridine rings is 1. The summed E-state index contributed by atoms with van der Waals surface area (Å²) in [5.41, 5.74) is 1.54. The standard InChI is InChI=1S/C21H25N3O4S/c1-28-19-4-2-16(3-5-19)14-24-15-18-8-12-23(13-9-20(18)29(24,26)27)21(25)17-6-10-22-11-7-17/h2-7,10-11,18,20H,8-9,12-15H2,1H3/t18-,20-/m1/s1. The zero-order chi connectivity index (χ0) is 20.4. The molecule has 2 aliphatic rings. The molecule has 2 aliphatic heterocycles. The molecular weight excluding hydrogens is 390 g/mol. The number of methoxy groups -OCH3 is 1. The van der Waals surface area contributed by atoms with Crippen molar-refractivity contribution in [2.75, 3.05) is 26.7 Å². The number of nitrogens with zero attached hydrogens (tertiary/aromatic N) is 3. The van der Waals surface area contributed by atoms with Crippen LogP contribution in [0, 0.1) is 5.92 Å². The molecule has 2 atom stereocenters. The van der Waals surface area contributed by atoms with Crippen molar-refractivity contribution in [1.29, 1.82) is 0 Å². The zero-order valence-corrected chi connectivity index (χ0v) is 17.2. The number of aromatic nitrogens is 1. The summed E-state index contributed by atoms with van der Waals surface area (Å²) >= 11 is 0. The number of sulfonamides is 1. The first-order valence-corrected chi connectivity index (χ1v) is 11.3. The molecule has 2 saturated heterocycles. The minimum absolute atomic E-state index is 0.0495. The van der Waals surface area contributed by atoms with Crippen molar-refractivity contribution in [2.45, 2.75) is 24.6 Å². The normalized spacial score (nSPS) is 24.0. The number of benzene rings is 1. The molecular formula is C21H25N3O4S. The highest BCUT2D eigenvalue weighted by Crippen LogP contribution is 2.35. The van der Waals surface area contributed by atoms with Gasteiger partial charge in [-0.05, 0) is 48.6 Å². The van der Waals surface area contributed by atoms with Gasteiger partial charge in [-0.1, -0.05) is 12.1 Å². The van der Waals surface area contributed by atoms with E-state index < -0.39 is 15.3 Å². The first-order valence-electron chi connectivity index (χ1n) is 9.80. The molecule has 0 bridgehead atoms. The quantitative estimate of drug-likeness (QED) is 0.765. The molecule has 3 heterocycles. The van der Waals surface area contributed by atoms with Crippen LogP contribution in [-0.4, -0.2) is 60.5 Å². The fourth-order valence-electron chi connectivity index (χ4n) is 4.27. The fourth-order valence-corrected chi connectivity index (χ4v) is 6.49. The van der Waals surface area contributed by atoms with Crippen LogP contribution in [0.4, 0.5) is 0 Å². The average Bonchev–Trinajstić information content (AvgIpc) is 2.88. The van der Waals surface area contributed by atoms with E-state index in [1.165, 1.54) is 0 Å². The van der Waals surface area contributed by atoms with Crippen LogP contribution in [0.2, 0.25) is 0 Å². The van der Waals surface area contributed by atoms with Gasteiger partial charge in [-0.2, -0.15) is 4.31 Å². The second kappa shape index (κ2) is 8.12. The summed E-state index contributed by atoms with van der Waals surface area (Å²) in [6.07, 6.45) is 4.37. The fraction of sp³-hybridized carbons (Fsp3) is 0.429. The Bertz CT molecular complexity index is 963. The summed E-state index contributed by atoms with van der Waals surface area (Å²) in [5, 5.41) is -0.420. The van der Waals surface area contributed by atoms with E-state index in [0.717, 1.165) is 11.3 Å². The molecule has 2 fully saturated rings. The van der Waals surface area contributed by atoms with Gasteiger partial charge in [0.2, 0.25) is 10.0 Å². The van der Waals surface area contributed by atoms with Crippen LogP contribution in [0.15, 0.2) is 48.8 Å². The predicted octanol–water partition coefficient (Wildman–Crippen LogP) is 2.16. The number of carbonyl (C=O) groups excluding carboxylic acids is 1. The van der Waals surface area contributed by atoms with Crippen molar-refractivity contribution in [1.82, 2.24) is 14.2 Å². The minimum Gasteiger partial charge on any atom is -0.497 e. The molecule has 7 nitrogen and oxygen atoms in total. The lowest BCUT2D eigenvalue weighted by Gasteiger charge is -2.22. The van der Waals surface area contributed by atoms with E-state index in [2.05, 4.69) is 4.98 Å². The molecule has 0 radical (unpaired) electrons. The number of fused-ring (bicyclic) bond motifs is 1. The Labute approximate surface area is 171 Å². The van der Waals surface area contributed by atoms with Crippen molar-refractivity contribution >= 4 is 15.9 Å². The Morgan fingerprint density at radius 1 is 1.10 bits per heavy atom. The molecule has 1 amide bonds. The van der Waals surface area contributed by atoms with Crippen LogP contribution in [-0.2, 0) is 16.6 Å². The molecule has 8 heteroatoms. The summed E-state index contributed by atoms with van der Waals surface area (Å²) in [5.74, 6) is 0.746. The van der Waals surface area contributed by atoms with Crippen LogP contribution < -0.4 is 4.74 Å². The van der Waals surface area contributed by atoms with Crippen molar-refractivity contribution in [3.05, 3.63) is 59.9 Å². The first-order chi connectivity index (χ1) is 14.0. The Morgan fingerprint density at radius 3 is 2.48 bits per heavy atom.